The molecule has 2 heterocycles. The Morgan fingerprint density at radius 2 is 2.33 bits per heavy atom. The van der Waals surface area contributed by atoms with E-state index in [0.29, 0.717) is 10.4 Å². The third-order valence-corrected chi connectivity index (χ3v) is 2.30. The smallest absolute Gasteiger partial charge is 0.179 e. The van der Waals surface area contributed by atoms with E-state index < -0.39 is 0 Å². The normalized spacial score (nSPS) is 10.3. The average Bonchev–Trinajstić information content (AvgIpc) is 2.64. The third kappa shape index (κ3) is 1.75. The molecule has 2 rings (SSSR count). The Morgan fingerprint density at radius 1 is 1.53 bits per heavy atom. The minimum absolute atomic E-state index is 0.440. The van der Waals surface area contributed by atoms with Gasteiger partial charge in [0.2, 0.25) is 0 Å². The summed E-state index contributed by atoms with van der Waals surface area (Å²) in [6, 6.07) is 0. The van der Waals surface area contributed by atoms with Crippen LogP contribution in [0.15, 0.2) is 18.7 Å². The highest BCUT2D eigenvalue weighted by Gasteiger charge is 2.09. The number of methoxy groups -OCH3 is 1. The van der Waals surface area contributed by atoms with Crippen molar-refractivity contribution in [3.8, 4) is 17.0 Å². The van der Waals surface area contributed by atoms with Crippen LogP contribution in [0.25, 0.3) is 11.3 Å². The number of nitrogens with zero attached hydrogens (tertiary/aromatic N) is 3. The summed E-state index contributed by atoms with van der Waals surface area (Å²) in [4.78, 5) is 6.95. The van der Waals surface area contributed by atoms with Crippen molar-refractivity contribution in [3.05, 3.63) is 23.4 Å². The number of rotatable bonds is 2. The lowest BCUT2D eigenvalue weighted by atomic mass is 10.2. The fourth-order valence-corrected chi connectivity index (χ4v) is 1.58. The fourth-order valence-electron chi connectivity index (χ4n) is 1.34. The molecule has 0 aliphatic heterocycles. The van der Waals surface area contributed by atoms with Crippen molar-refractivity contribution < 1.29 is 4.74 Å². The highest BCUT2D eigenvalue weighted by atomic mass is 32.1. The molecule has 0 saturated heterocycles. The first-order valence-electron chi connectivity index (χ1n) is 4.33. The van der Waals surface area contributed by atoms with Gasteiger partial charge in [-0.2, -0.15) is 5.10 Å². The number of ether oxygens (including phenoxy) is 1. The lowest BCUT2D eigenvalue weighted by molar-refractivity contribution is 0.411. The highest BCUT2D eigenvalue weighted by Crippen LogP contribution is 2.26. The van der Waals surface area contributed by atoms with Gasteiger partial charge in [-0.3, -0.25) is 4.68 Å². The zero-order chi connectivity index (χ0) is 10.8. The number of hydrogen-bond acceptors (Lipinski definition) is 4. The van der Waals surface area contributed by atoms with Crippen LogP contribution in [-0.2, 0) is 7.05 Å². The molecular formula is C9H10N4OS. The van der Waals surface area contributed by atoms with Crippen molar-refractivity contribution >= 4 is 12.2 Å². The van der Waals surface area contributed by atoms with Gasteiger partial charge in [-0.15, -0.1) is 0 Å². The molecule has 0 aliphatic carbocycles. The van der Waals surface area contributed by atoms with Gasteiger partial charge in [-0.1, -0.05) is 12.2 Å². The molecule has 0 saturated carbocycles. The highest BCUT2D eigenvalue weighted by molar-refractivity contribution is 7.71. The van der Waals surface area contributed by atoms with Crippen LogP contribution < -0.4 is 4.74 Å². The summed E-state index contributed by atoms with van der Waals surface area (Å²) in [6.07, 6.45) is 5.17. The number of aromatic nitrogens is 4. The first kappa shape index (κ1) is 9.85. The molecule has 15 heavy (non-hydrogen) atoms. The molecule has 0 aromatic carbocycles. The minimum atomic E-state index is 0.440. The first-order chi connectivity index (χ1) is 7.22. The molecule has 0 unspecified atom stereocenters. The monoisotopic (exact) mass is 222 g/mol. The molecule has 0 spiro atoms. The molecule has 0 aliphatic rings. The lowest BCUT2D eigenvalue weighted by Gasteiger charge is -2.04. The summed E-state index contributed by atoms with van der Waals surface area (Å²) in [6.45, 7) is 0. The molecule has 78 valence electrons. The van der Waals surface area contributed by atoms with E-state index in [1.54, 1.807) is 24.3 Å². The number of hydrogen-bond donors (Lipinski definition) is 1. The van der Waals surface area contributed by atoms with Crippen LogP contribution in [0.2, 0.25) is 0 Å². The maximum atomic E-state index is 5.20. The predicted octanol–water partition coefficient (Wildman–Crippen LogP) is 1.55. The summed E-state index contributed by atoms with van der Waals surface area (Å²) in [7, 11) is 3.42. The molecule has 5 nitrogen and oxygen atoms in total. The van der Waals surface area contributed by atoms with E-state index in [2.05, 4.69) is 15.1 Å². The third-order valence-electron chi connectivity index (χ3n) is 2.01. The van der Waals surface area contributed by atoms with E-state index in [1.807, 2.05) is 13.2 Å². The van der Waals surface area contributed by atoms with Gasteiger partial charge in [0.05, 0.1) is 25.3 Å². The van der Waals surface area contributed by atoms with Gasteiger partial charge in [0.15, 0.2) is 10.4 Å². The van der Waals surface area contributed by atoms with Crippen molar-refractivity contribution in [1.82, 2.24) is 19.7 Å². The van der Waals surface area contributed by atoms with Crippen molar-refractivity contribution in [2.45, 2.75) is 0 Å². The molecule has 1 N–H and O–H groups in total. The molecule has 2 aromatic heterocycles. The van der Waals surface area contributed by atoms with E-state index in [9.17, 15) is 0 Å². The van der Waals surface area contributed by atoms with Crippen molar-refractivity contribution in [3.63, 3.8) is 0 Å². The summed E-state index contributed by atoms with van der Waals surface area (Å²) in [5.74, 6) is 0.570. The lowest BCUT2D eigenvalue weighted by Crippen LogP contribution is -1.93. The maximum Gasteiger partial charge on any atom is 0.179 e. The second-order valence-electron chi connectivity index (χ2n) is 3.02. The first-order valence-corrected chi connectivity index (χ1v) is 4.74. The zero-order valence-corrected chi connectivity index (χ0v) is 9.21. The van der Waals surface area contributed by atoms with Gasteiger partial charge >= 0.3 is 0 Å². The van der Waals surface area contributed by atoms with Gasteiger partial charge in [0, 0.05) is 18.8 Å². The van der Waals surface area contributed by atoms with Gasteiger partial charge in [-0.25, -0.2) is 4.98 Å². The molecular weight excluding hydrogens is 212 g/mol. The molecule has 0 atom stereocenters. The topological polar surface area (TPSA) is 55.7 Å². The summed E-state index contributed by atoms with van der Waals surface area (Å²) in [5, 5.41) is 4.08. The van der Waals surface area contributed by atoms with Crippen molar-refractivity contribution in [2.75, 3.05) is 7.11 Å². The second-order valence-corrected chi connectivity index (χ2v) is 3.41. The van der Waals surface area contributed by atoms with E-state index in [4.69, 9.17) is 17.0 Å². The van der Waals surface area contributed by atoms with Crippen LogP contribution in [0.1, 0.15) is 0 Å². The second kappa shape index (κ2) is 3.82. The Kier molecular flexibility index (Phi) is 2.51. The van der Waals surface area contributed by atoms with Gasteiger partial charge in [-0.05, 0) is 0 Å². The Morgan fingerprint density at radius 3 is 2.93 bits per heavy atom. The van der Waals surface area contributed by atoms with Crippen molar-refractivity contribution in [1.29, 1.82) is 0 Å². The molecule has 0 bridgehead atoms. The Hall–Kier alpha value is -1.69. The maximum absolute atomic E-state index is 5.20. The molecule has 2 aromatic rings. The van der Waals surface area contributed by atoms with Crippen LogP contribution >= 0.6 is 12.2 Å². The largest absolute Gasteiger partial charge is 0.491 e. The van der Waals surface area contributed by atoms with E-state index >= 15 is 0 Å². The van der Waals surface area contributed by atoms with Crippen LogP contribution in [0, 0.1) is 4.64 Å². The fraction of sp³-hybridized carbons (Fsp3) is 0.222. The SMILES string of the molecule is COc1c(-c2cnn(C)c2)[nH]cnc1=S. The zero-order valence-electron chi connectivity index (χ0n) is 8.39. The number of aryl methyl sites for hydroxylation is 1. The van der Waals surface area contributed by atoms with Crippen molar-refractivity contribution in [2.24, 2.45) is 7.05 Å². The molecule has 0 fully saturated rings. The summed E-state index contributed by atoms with van der Waals surface area (Å²) >= 11 is 5.06. The van der Waals surface area contributed by atoms with Gasteiger partial charge in [0.1, 0.15) is 0 Å². The number of aromatic amines is 1. The van der Waals surface area contributed by atoms with Gasteiger partial charge in [0.25, 0.3) is 0 Å². The summed E-state index contributed by atoms with van der Waals surface area (Å²) < 4.78 is 7.36. The van der Waals surface area contributed by atoms with Crippen LogP contribution in [0.4, 0.5) is 0 Å². The van der Waals surface area contributed by atoms with Crippen LogP contribution in [0.5, 0.6) is 5.75 Å². The van der Waals surface area contributed by atoms with Crippen LogP contribution in [-0.4, -0.2) is 26.9 Å². The van der Waals surface area contributed by atoms with Gasteiger partial charge < -0.3 is 9.72 Å². The van der Waals surface area contributed by atoms with E-state index in [0.717, 1.165) is 11.3 Å². The Labute approximate surface area is 91.7 Å². The van der Waals surface area contributed by atoms with Crippen LogP contribution in [0.3, 0.4) is 0 Å². The molecule has 0 radical (unpaired) electrons. The minimum Gasteiger partial charge on any atom is -0.491 e. The average molecular weight is 222 g/mol. The molecule has 6 heteroatoms. The Balaban J connectivity index is 2.62. The Bertz CT molecular complexity index is 531. The summed E-state index contributed by atoms with van der Waals surface area (Å²) in [5.41, 5.74) is 1.72. The number of nitrogens with one attached hydrogen (secondary N) is 1. The van der Waals surface area contributed by atoms with E-state index in [1.165, 1.54) is 0 Å². The van der Waals surface area contributed by atoms with E-state index in [-0.39, 0.29) is 0 Å². The standard InChI is InChI=1S/C9H10N4OS/c1-13-4-6(3-12-13)7-8(14-2)9(15)11-5-10-7/h3-5H,1-2H3,(H,10,11,15). The predicted molar refractivity (Wildman–Crippen MR) is 58.2 cm³/mol. The number of H-pyrrole nitrogens is 1. The quantitative estimate of drug-likeness (QED) is 0.783. The molecule has 0 amide bonds.